The van der Waals surface area contributed by atoms with Crippen molar-refractivity contribution in [3.8, 4) is 0 Å². The van der Waals surface area contributed by atoms with Crippen LogP contribution in [0.25, 0.3) is 0 Å². The van der Waals surface area contributed by atoms with Crippen molar-refractivity contribution in [3.05, 3.63) is 0 Å². The molecule has 0 amide bonds. The lowest BCUT2D eigenvalue weighted by atomic mass is 10.00. The van der Waals surface area contributed by atoms with Gasteiger partial charge < -0.3 is 0 Å². The Morgan fingerprint density at radius 2 is 1.60 bits per heavy atom. The summed E-state index contributed by atoms with van der Waals surface area (Å²) in [6.07, 6.45) is 6.11. The average Bonchev–Trinajstić information content (AvgIpc) is 2.15. The Morgan fingerprint density at radius 1 is 1.10 bits per heavy atom. The van der Waals surface area contributed by atoms with Crippen LogP contribution in [0.2, 0.25) is 0 Å². The fraction of sp³-hybridized carbons (Fsp3) is 1.00. The van der Waals surface area contributed by atoms with Gasteiger partial charge in [0.05, 0.1) is 0 Å². The van der Waals surface area contributed by atoms with E-state index in [0.29, 0.717) is 5.33 Å². The first-order valence-corrected chi connectivity index (χ1v) is 5.14. The van der Waals surface area contributed by atoms with Crippen molar-refractivity contribution in [1.82, 2.24) is 0 Å². The van der Waals surface area contributed by atoms with Crippen LogP contribution >= 0.6 is 15.9 Å². The van der Waals surface area contributed by atoms with E-state index in [0.717, 1.165) is 25.7 Å². The highest BCUT2D eigenvalue weighted by Crippen LogP contribution is 2.31. The van der Waals surface area contributed by atoms with Gasteiger partial charge in [-0.1, -0.05) is 41.6 Å². The van der Waals surface area contributed by atoms with Crippen LogP contribution in [0.3, 0.4) is 0 Å². The predicted octanol–water partition coefficient (Wildman–Crippen LogP) is 3.44. The van der Waals surface area contributed by atoms with E-state index in [2.05, 4.69) is 15.9 Å². The molecule has 0 atom stereocenters. The summed E-state index contributed by atoms with van der Waals surface area (Å²) < 4.78 is 13.5. The Balaban J connectivity index is 2.41. The van der Waals surface area contributed by atoms with Crippen LogP contribution in [-0.2, 0) is 0 Å². The molecular formula is C8H14BrF. The topological polar surface area (TPSA) is 0 Å². The molecule has 10 heavy (non-hydrogen) atoms. The minimum Gasteiger partial charge on any atom is -0.243 e. The molecule has 0 aromatic rings. The maximum absolute atomic E-state index is 13.5. The van der Waals surface area contributed by atoms with E-state index in [1.54, 1.807) is 0 Å². The Labute approximate surface area is 70.3 Å². The molecule has 0 spiro atoms. The first-order valence-electron chi connectivity index (χ1n) is 4.02. The standard InChI is InChI=1S/C8H14BrF/c9-7-8(10)5-3-1-2-4-6-8/h1-7H2. The lowest BCUT2D eigenvalue weighted by molar-refractivity contribution is 0.172. The van der Waals surface area contributed by atoms with Crippen LogP contribution in [0, 0.1) is 0 Å². The summed E-state index contributed by atoms with van der Waals surface area (Å²) in [5.74, 6) is 0. The second-order valence-corrected chi connectivity index (χ2v) is 3.76. The zero-order valence-electron chi connectivity index (χ0n) is 6.21. The van der Waals surface area contributed by atoms with Crippen molar-refractivity contribution >= 4 is 15.9 Å². The van der Waals surface area contributed by atoms with E-state index in [4.69, 9.17) is 0 Å². The van der Waals surface area contributed by atoms with E-state index in [1.807, 2.05) is 0 Å². The van der Waals surface area contributed by atoms with Gasteiger partial charge in [-0.2, -0.15) is 0 Å². The minimum absolute atomic E-state index is 0.528. The van der Waals surface area contributed by atoms with Crippen molar-refractivity contribution < 1.29 is 4.39 Å². The summed E-state index contributed by atoms with van der Waals surface area (Å²) in [7, 11) is 0. The molecule has 0 nitrogen and oxygen atoms in total. The van der Waals surface area contributed by atoms with Crippen molar-refractivity contribution in [2.75, 3.05) is 5.33 Å². The zero-order chi connectivity index (χ0) is 7.45. The molecule has 0 saturated heterocycles. The summed E-state index contributed by atoms with van der Waals surface area (Å²) >= 11 is 3.23. The lowest BCUT2D eigenvalue weighted by Gasteiger charge is -2.19. The van der Waals surface area contributed by atoms with Crippen molar-refractivity contribution in [1.29, 1.82) is 0 Å². The van der Waals surface area contributed by atoms with Gasteiger partial charge in [0.1, 0.15) is 5.67 Å². The Bertz CT molecular complexity index is 95.4. The summed E-state index contributed by atoms with van der Waals surface area (Å²) in [5, 5.41) is 0.528. The third kappa shape index (κ3) is 2.22. The number of hydrogen-bond donors (Lipinski definition) is 0. The number of hydrogen-bond acceptors (Lipinski definition) is 0. The fourth-order valence-corrected chi connectivity index (χ4v) is 2.06. The van der Waals surface area contributed by atoms with Crippen LogP contribution in [-0.4, -0.2) is 11.0 Å². The van der Waals surface area contributed by atoms with Gasteiger partial charge in [-0.15, -0.1) is 0 Å². The maximum atomic E-state index is 13.5. The minimum atomic E-state index is -0.878. The zero-order valence-corrected chi connectivity index (χ0v) is 7.79. The highest BCUT2D eigenvalue weighted by molar-refractivity contribution is 9.09. The Morgan fingerprint density at radius 3 is 2.00 bits per heavy atom. The van der Waals surface area contributed by atoms with Crippen molar-refractivity contribution in [2.24, 2.45) is 0 Å². The fourth-order valence-electron chi connectivity index (χ4n) is 1.50. The quantitative estimate of drug-likeness (QED) is 0.458. The predicted molar refractivity (Wildman–Crippen MR) is 45.3 cm³/mol. The molecule has 0 radical (unpaired) electrons. The lowest BCUT2D eigenvalue weighted by Crippen LogP contribution is -2.23. The highest BCUT2D eigenvalue weighted by atomic mass is 79.9. The van der Waals surface area contributed by atoms with Gasteiger partial charge in [0.25, 0.3) is 0 Å². The molecule has 1 saturated carbocycles. The second kappa shape index (κ2) is 3.70. The third-order valence-corrected chi connectivity index (χ3v) is 3.24. The Hall–Kier alpha value is 0.410. The maximum Gasteiger partial charge on any atom is 0.120 e. The molecule has 0 heterocycles. The van der Waals surface area contributed by atoms with Gasteiger partial charge >= 0.3 is 0 Å². The van der Waals surface area contributed by atoms with E-state index in [-0.39, 0.29) is 0 Å². The van der Waals surface area contributed by atoms with E-state index >= 15 is 0 Å². The molecule has 1 fully saturated rings. The van der Waals surface area contributed by atoms with E-state index < -0.39 is 5.67 Å². The number of alkyl halides is 2. The first-order chi connectivity index (χ1) is 4.77. The Kier molecular flexibility index (Phi) is 3.15. The molecule has 60 valence electrons. The molecule has 1 aliphatic rings. The summed E-state index contributed by atoms with van der Waals surface area (Å²) in [6.45, 7) is 0. The van der Waals surface area contributed by atoms with Crippen LogP contribution in [0.4, 0.5) is 4.39 Å². The SMILES string of the molecule is FC1(CBr)CCCCCC1. The van der Waals surface area contributed by atoms with Crippen LogP contribution in [0.5, 0.6) is 0 Å². The van der Waals surface area contributed by atoms with E-state index in [9.17, 15) is 4.39 Å². The highest BCUT2D eigenvalue weighted by Gasteiger charge is 2.28. The van der Waals surface area contributed by atoms with Gasteiger partial charge in [-0.3, -0.25) is 0 Å². The van der Waals surface area contributed by atoms with Crippen molar-refractivity contribution in [3.63, 3.8) is 0 Å². The summed E-state index contributed by atoms with van der Waals surface area (Å²) in [6, 6.07) is 0. The molecule has 0 aromatic heterocycles. The average molecular weight is 209 g/mol. The molecule has 0 aromatic carbocycles. The molecule has 1 aliphatic carbocycles. The van der Waals surface area contributed by atoms with Gasteiger partial charge in [-0.25, -0.2) is 4.39 Å². The molecule has 0 unspecified atom stereocenters. The molecule has 2 heteroatoms. The van der Waals surface area contributed by atoms with Crippen molar-refractivity contribution in [2.45, 2.75) is 44.2 Å². The van der Waals surface area contributed by atoms with Crippen LogP contribution < -0.4 is 0 Å². The largest absolute Gasteiger partial charge is 0.243 e. The number of halogens is 2. The third-order valence-electron chi connectivity index (χ3n) is 2.24. The first kappa shape index (κ1) is 8.51. The van der Waals surface area contributed by atoms with Gasteiger partial charge in [-0.05, 0) is 12.8 Å². The molecule has 1 rings (SSSR count). The van der Waals surface area contributed by atoms with E-state index in [1.165, 1.54) is 12.8 Å². The normalized spacial score (nSPS) is 25.8. The van der Waals surface area contributed by atoms with Crippen LogP contribution in [0.15, 0.2) is 0 Å². The summed E-state index contributed by atoms with van der Waals surface area (Å²) in [5.41, 5.74) is -0.878. The molecular weight excluding hydrogens is 195 g/mol. The monoisotopic (exact) mass is 208 g/mol. The second-order valence-electron chi connectivity index (χ2n) is 3.20. The molecule has 0 aliphatic heterocycles. The van der Waals surface area contributed by atoms with Crippen LogP contribution in [0.1, 0.15) is 38.5 Å². The smallest absolute Gasteiger partial charge is 0.120 e. The summed E-state index contributed by atoms with van der Waals surface area (Å²) in [4.78, 5) is 0. The molecule has 0 bridgehead atoms. The van der Waals surface area contributed by atoms with Gasteiger partial charge in [0, 0.05) is 5.33 Å². The van der Waals surface area contributed by atoms with Gasteiger partial charge in [0.2, 0.25) is 0 Å². The number of rotatable bonds is 1. The molecule has 0 N–H and O–H groups in total. The van der Waals surface area contributed by atoms with Gasteiger partial charge in [0.15, 0.2) is 0 Å².